The Kier molecular flexibility index (Phi) is 2.90. The second kappa shape index (κ2) is 3.55. The molecule has 0 amide bonds. The summed E-state index contributed by atoms with van der Waals surface area (Å²) >= 11 is 0. The molecule has 1 rings (SSSR count). The van der Waals surface area contributed by atoms with E-state index in [1.807, 2.05) is 0 Å². The van der Waals surface area contributed by atoms with Gasteiger partial charge in [-0.15, -0.1) is 0 Å². The first-order valence-corrected chi connectivity index (χ1v) is 4.50. The average molecular weight is 157 g/mol. The van der Waals surface area contributed by atoms with Crippen molar-refractivity contribution in [3.8, 4) is 0 Å². The van der Waals surface area contributed by atoms with E-state index in [9.17, 15) is 0 Å². The van der Waals surface area contributed by atoms with Crippen molar-refractivity contribution in [1.82, 2.24) is 0 Å². The van der Waals surface area contributed by atoms with Crippen LogP contribution in [-0.4, -0.2) is 18.2 Å². The van der Waals surface area contributed by atoms with Crippen LogP contribution in [0.4, 0.5) is 0 Å². The van der Waals surface area contributed by atoms with Crippen LogP contribution >= 0.6 is 0 Å². The van der Waals surface area contributed by atoms with E-state index in [1.54, 1.807) is 0 Å². The van der Waals surface area contributed by atoms with Crippen molar-refractivity contribution in [3.05, 3.63) is 0 Å². The van der Waals surface area contributed by atoms with Crippen molar-refractivity contribution in [2.24, 2.45) is 11.7 Å². The average Bonchev–Trinajstić information content (AvgIpc) is 1.85. The van der Waals surface area contributed by atoms with E-state index in [-0.39, 0.29) is 0 Å². The summed E-state index contributed by atoms with van der Waals surface area (Å²) in [5.74, 6) is 0.601. The van der Waals surface area contributed by atoms with Crippen molar-refractivity contribution in [1.29, 1.82) is 0 Å². The Morgan fingerprint density at radius 2 is 2.00 bits per heavy atom. The lowest BCUT2D eigenvalue weighted by atomic mass is 9.93. The molecule has 2 N–H and O–H groups in total. The zero-order valence-electron chi connectivity index (χ0n) is 7.71. The molecule has 11 heavy (non-hydrogen) atoms. The second-order valence-electron chi connectivity index (χ2n) is 3.96. The molecular formula is C9H19NO. The molecule has 2 nitrogen and oxygen atoms in total. The lowest BCUT2D eigenvalue weighted by molar-refractivity contribution is -0.0680. The smallest absolute Gasteiger partial charge is 0.0616 e. The van der Waals surface area contributed by atoms with Crippen LogP contribution in [-0.2, 0) is 4.74 Å². The van der Waals surface area contributed by atoms with E-state index < -0.39 is 0 Å². The summed E-state index contributed by atoms with van der Waals surface area (Å²) in [5.41, 5.74) is 5.87. The van der Waals surface area contributed by atoms with Gasteiger partial charge in [0, 0.05) is 6.04 Å². The van der Waals surface area contributed by atoms with Crippen LogP contribution in [0.2, 0.25) is 0 Å². The molecule has 0 aromatic rings. The molecule has 2 heteroatoms. The first-order chi connectivity index (χ1) is 5.09. The number of rotatable bonds is 1. The van der Waals surface area contributed by atoms with Gasteiger partial charge in [0.25, 0.3) is 0 Å². The third kappa shape index (κ3) is 2.46. The first kappa shape index (κ1) is 9.01. The van der Waals surface area contributed by atoms with Crippen LogP contribution in [0.3, 0.4) is 0 Å². The molecule has 0 radical (unpaired) electrons. The van der Waals surface area contributed by atoms with Crippen molar-refractivity contribution in [3.63, 3.8) is 0 Å². The maximum Gasteiger partial charge on any atom is 0.0616 e. The van der Waals surface area contributed by atoms with E-state index in [4.69, 9.17) is 10.5 Å². The molecule has 66 valence electrons. The van der Waals surface area contributed by atoms with Crippen molar-refractivity contribution in [2.75, 3.05) is 0 Å². The molecule has 0 aromatic heterocycles. The molecule has 1 unspecified atom stereocenters. The van der Waals surface area contributed by atoms with Gasteiger partial charge >= 0.3 is 0 Å². The molecule has 0 spiro atoms. The summed E-state index contributed by atoms with van der Waals surface area (Å²) in [4.78, 5) is 0. The summed E-state index contributed by atoms with van der Waals surface area (Å²) < 4.78 is 5.74. The molecule has 1 aliphatic rings. The highest BCUT2D eigenvalue weighted by Crippen LogP contribution is 2.22. The van der Waals surface area contributed by atoms with Gasteiger partial charge in [-0.2, -0.15) is 0 Å². The number of hydrogen-bond donors (Lipinski definition) is 1. The highest BCUT2D eigenvalue weighted by atomic mass is 16.5. The molecule has 1 saturated heterocycles. The van der Waals surface area contributed by atoms with Crippen LogP contribution < -0.4 is 5.73 Å². The Balaban J connectivity index is 2.43. The fourth-order valence-electron chi connectivity index (χ4n) is 1.66. The predicted octanol–water partition coefficient (Wildman–Crippen LogP) is 1.54. The molecule has 1 fully saturated rings. The summed E-state index contributed by atoms with van der Waals surface area (Å²) in [7, 11) is 0. The molecule has 1 aliphatic heterocycles. The van der Waals surface area contributed by atoms with Gasteiger partial charge in [0.2, 0.25) is 0 Å². The number of hydrogen-bond acceptors (Lipinski definition) is 2. The molecule has 0 aliphatic carbocycles. The fraction of sp³-hybridized carbons (Fsp3) is 1.00. The van der Waals surface area contributed by atoms with Gasteiger partial charge in [-0.05, 0) is 25.7 Å². The van der Waals surface area contributed by atoms with Crippen molar-refractivity contribution >= 4 is 0 Å². The summed E-state index contributed by atoms with van der Waals surface area (Å²) in [5, 5.41) is 0. The maximum absolute atomic E-state index is 5.87. The monoisotopic (exact) mass is 157 g/mol. The third-order valence-corrected chi connectivity index (χ3v) is 2.32. The summed E-state index contributed by atoms with van der Waals surface area (Å²) in [6.07, 6.45) is 2.78. The van der Waals surface area contributed by atoms with Crippen molar-refractivity contribution < 1.29 is 4.74 Å². The summed E-state index contributed by atoms with van der Waals surface area (Å²) in [6, 6.07) is 0.353. The van der Waals surface area contributed by atoms with E-state index in [2.05, 4.69) is 20.8 Å². The lowest BCUT2D eigenvalue weighted by Gasteiger charge is -2.34. The van der Waals surface area contributed by atoms with Crippen LogP contribution in [0.5, 0.6) is 0 Å². The second-order valence-corrected chi connectivity index (χ2v) is 3.96. The molecule has 3 atom stereocenters. The van der Waals surface area contributed by atoms with E-state index in [1.165, 1.54) is 0 Å². The molecule has 0 saturated carbocycles. The van der Waals surface area contributed by atoms with Crippen molar-refractivity contribution in [2.45, 2.75) is 51.9 Å². The van der Waals surface area contributed by atoms with Gasteiger partial charge in [-0.25, -0.2) is 0 Å². The minimum Gasteiger partial charge on any atom is -0.375 e. The predicted molar refractivity (Wildman–Crippen MR) is 46.4 cm³/mol. The van der Waals surface area contributed by atoms with Gasteiger partial charge in [0.1, 0.15) is 0 Å². The highest BCUT2D eigenvalue weighted by molar-refractivity contribution is 4.79. The normalized spacial score (nSPS) is 39.5. The van der Waals surface area contributed by atoms with Gasteiger partial charge < -0.3 is 10.5 Å². The minimum absolute atomic E-state index is 0.353. The third-order valence-electron chi connectivity index (χ3n) is 2.32. The zero-order valence-corrected chi connectivity index (χ0v) is 7.71. The van der Waals surface area contributed by atoms with Gasteiger partial charge in [0.15, 0.2) is 0 Å². The maximum atomic E-state index is 5.87. The summed E-state index contributed by atoms with van der Waals surface area (Å²) in [6.45, 7) is 6.49. The van der Waals surface area contributed by atoms with Crippen LogP contribution in [0.15, 0.2) is 0 Å². The Hall–Kier alpha value is -0.0800. The number of ether oxygens (including phenoxy) is 1. The fourth-order valence-corrected chi connectivity index (χ4v) is 1.66. The number of nitrogens with two attached hydrogens (primary N) is 1. The van der Waals surface area contributed by atoms with Crippen LogP contribution in [0, 0.1) is 5.92 Å². The van der Waals surface area contributed by atoms with Gasteiger partial charge in [0.05, 0.1) is 12.2 Å². The van der Waals surface area contributed by atoms with Crippen LogP contribution in [0.1, 0.15) is 33.6 Å². The minimum atomic E-state index is 0.353. The van der Waals surface area contributed by atoms with Crippen LogP contribution in [0.25, 0.3) is 0 Å². The first-order valence-electron chi connectivity index (χ1n) is 4.50. The molecule has 0 aromatic carbocycles. The van der Waals surface area contributed by atoms with E-state index in [0.29, 0.717) is 24.2 Å². The molecule has 0 bridgehead atoms. The van der Waals surface area contributed by atoms with E-state index >= 15 is 0 Å². The standard InChI is InChI=1S/C9H19NO/c1-6(2)9-5-8(10)4-7(3)11-9/h6-9H,4-5,10H2,1-3H3/t7?,8-,9+/m0/s1. The Bertz CT molecular complexity index is 115. The Labute approximate surface area is 69.1 Å². The molecule has 1 heterocycles. The zero-order chi connectivity index (χ0) is 8.43. The quantitative estimate of drug-likeness (QED) is 0.626. The topological polar surface area (TPSA) is 35.2 Å². The lowest BCUT2D eigenvalue weighted by Crippen LogP contribution is -2.41. The van der Waals surface area contributed by atoms with E-state index in [0.717, 1.165) is 12.8 Å². The largest absolute Gasteiger partial charge is 0.375 e. The molecular weight excluding hydrogens is 138 g/mol. The van der Waals surface area contributed by atoms with Gasteiger partial charge in [-0.3, -0.25) is 0 Å². The SMILES string of the molecule is CC1C[C@H](N)C[C@H](C(C)C)O1. The Morgan fingerprint density at radius 3 is 2.45 bits per heavy atom. The Morgan fingerprint density at radius 1 is 1.36 bits per heavy atom. The highest BCUT2D eigenvalue weighted by Gasteiger charge is 2.26. The van der Waals surface area contributed by atoms with Gasteiger partial charge in [-0.1, -0.05) is 13.8 Å².